The smallest absolute Gasteiger partial charge is 0.342 e. The highest BCUT2D eigenvalue weighted by molar-refractivity contribution is 5.95. The predicted octanol–water partition coefficient (Wildman–Crippen LogP) is 4.51. The number of aromatic nitrogens is 1. The third kappa shape index (κ3) is 4.57. The summed E-state index contributed by atoms with van der Waals surface area (Å²) in [5.74, 6) is -5.21. The molecule has 9 rings (SSSR count). The van der Waals surface area contributed by atoms with Crippen molar-refractivity contribution in [3.63, 3.8) is 0 Å². The molecule has 6 aliphatic rings. The number of aliphatic hydroxyl groups is 2. The van der Waals surface area contributed by atoms with Crippen LogP contribution in [0.1, 0.15) is 61.9 Å². The normalized spacial score (nSPS) is 37.2. The Morgan fingerprint density at radius 1 is 1.05 bits per heavy atom. The number of esters is 2. The van der Waals surface area contributed by atoms with Gasteiger partial charge in [0, 0.05) is 89.9 Å². The number of ether oxygens (including phenoxy) is 3. The van der Waals surface area contributed by atoms with Gasteiger partial charge >= 0.3 is 11.9 Å². The molecule has 3 N–H and O–H groups in total. The highest BCUT2D eigenvalue weighted by atomic mass is 19.3. The Morgan fingerprint density at radius 2 is 1.80 bits per heavy atom. The van der Waals surface area contributed by atoms with E-state index in [-0.39, 0.29) is 31.3 Å². The van der Waals surface area contributed by atoms with E-state index in [4.69, 9.17) is 14.2 Å². The number of benzene rings is 2. The van der Waals surface area contributed by atoms with Crippen molar-refractivity contribution in [1.29, 1.82) is 0 Å². The fraction of sp³-hybridized carbons (Fsp3) is 0.581. The van der Waals surface area contributed by atoms with Crippen LogP contribution in [0.25, 0.3) is 10.9 Å². The first kappa shape index (κ1) is 37.5. The van der Waals surface area contributed by atoms with Gasteiger partial charge in [0.15, 0.2) is 0 Å². The number of anilines is 1. The Hall–Kier alpha value is -4.04. The van der Waals surface area contributed by atoms with Gasteiger partial charge in [-0.2, -0.15) is 0 Å². The number of methoxy groups -OCH3 is 3. The number of carbonyl (C=O) groups is 2. The topological polar surface area (TPSA) is 128 Å². The molecule has 56 heavy (non-hydrogen) atoms. The maximum Gasteiger partial charge on any atom is 0.342 e. The molecule has 3 fully saturated rings. The van der Waals surface area contributed by atoms with Crippen LogP contribution >= 0.6 is 0 Å². The summed E-state index contributed by atoms with van der Waals surface area (Å²) in [4.78, 5) is 39.1. The van der Waals surface area contributed by atoms with Crippen LogP contribution in [0.15, 0.2) is 48.6 Å². The number of carbonyl (C=O) groups excluding carboxylic acids is 2. The van der Waals surface area contributed by atoms with Gasteiger partial charge in [0.05, 0.1) is 27.4 Å². The van der Waals surface area contributed by atoms with Gasteiger partial charge in [-0.05, 0) is 68.3 Å². The number of fused-ring (bicyclic) bond motifs is 6. The molecule has 2 bridgehead atoms. The summed E-state index contributed by atoms with van der Waals surface area (Å²) in [6.45, 7) is 5.36. The number of nitrogens with one attached hydrogen (secondary N) is 1. The third-order valence-electron chi connectivity index (χ3n) is 15.0. The maximum atomic E-state index is 15.3. The number of likely N-dealkylation sites (N-methyl/N-ethyl adjacent to an activating group) is 1. The fourth-order valence-corrected chi connectivity index (χ4v) is 12.9. The summed E-state index contributed by atoms with van der Waals surface area (Å²) in [6.07, 6.45) is 3.88. The third-order valence-corrected chi connectivity index (χ3v) is 15.0. The van der Waals surface area contributed by atoms with Crippen LogP contribution in [0.3, 0.4) is 0 Å². The van der Waals surface area contributed by atoms with Crippen molar-refractivity contribution in [2.24, 2.45) is 17.3 Å². The molecule has 1 spiro atoms. The summed E-state index contributed by atoms with van der Waals surface area (Å²) < 4.78 is 47.9. The van der Waals surface area contributed by atoms with E-state index < -0.39 is 57.8 Å². The van der Waals surface area contributed by atoms with Crippen LogP contribution in [-0.4, -0.2) is 121 Å². The number of para-hydroxylation sites is 1. The minimum Gasteiger partial charge on any atom is -0.496 e. The van der Waals surface area contributed by atoms with E-state index in [1.54, 1.807) is 7.11 Å². The van der Waals surface area contributed by atoms with Gasteiger partial charge in [0.1, 0.15) is 17.3 Å². The van der Waals surface area contributed by atoms with Crippen LogP contribution in [0.4, 0.5) is 14.5 Å². The van der Waals surface area contributed by atoms with Crippen molar-refractivity contribution in [3.05, 3.63) is 70.9 Å². The number of halogens is 2. The summed E-state index contributed by atoms with van der Waals surface area (Å²) in [6, 6.07) is 10.4. The minimum atomic E-state index is -2.92. The Morgan fingerprint density at radius 3 is 2.50 bits per heavy atom. The molecule has 2 aromatic carbocycles. The van der Waals surface area contributed by atoms with E-state index in [0.717, 1.165) is 29.0 Å². The van der Waals surface area contributed by atoms with Crippen molar-refractivity contribution < 1.29 is 42.8 Å². The number of rotatable bonds is 6. The Bertz CT molecular complexity index is 2150. The van der Waals surface area contributed by atoms with Crippen LogP contribution < -0.4 is 9.64 Å². The van der Waals surface area contributed by atoms with E-state index in [2.05, 4.69) is 14.8 Å². The molecular weight excluding hydrogens is 722 g/mol. The largest absolute Gasteiger partial charge is 0.496 e. The number of H-pyrrole nitrogens is 1. The van der Waals surface area contributed by atoms with Crippen LogP contribution in [-0.2, 0) is 36.4 Å². The second-order valence-corrected chi connectivity index (χ2v) is 17.4. The molecule has 0 amide bonds. The van der Waals surface area contributed by atoms with Crippen molar-refractivity contribution >= 4 is 28.5 Å². The lowest BCUT2D eigenvalue weighted by Gasteiger charge is -2.63. The lowest BCUT2D eigenvalue weighted by atomic mass is 9.47. The van der Waals surface area contributed by atoms with Gasteiger partial charge in [-0.3, -0.25) is 14.6 Å². The second kappa shape index (κ2) is 12.5. The Kier molecular flexibility index (Phi) is 8.36. The molecule has 5 aliphatic heterocycles. The van der Waals surface area contributed by atoms with Crippen molar-refractivity contribution in [1.82, 2.24) is 14.8 Å². The van der Waals surface area contributed by atoms with Gasteiger partial charge < -0.3 is 34.3 Å². The monoisotopic (exact) mass is 774 g/mol. The highest BCUT2D eigenvalue weighted by Crippen LogP contribution is 2.67. The van der Waals surface area contributed by atoms with E-state index >= 15 is 13.6 Å². The number of hydrogen-bond acceptors (Lipinski definition) is 10. The van der Waals surface area contributed by atoms with Crippen molar-refractivity contribution in [3.8, 4) is 5.75 Å². The second-order valence-electron chi connectivity index (χ2n) is 17.4. The van der Waals surface area contributed by atoms with Crippen LogP contribution in [0.5, 0.6) is 5.75 Å². The SMILES string of the molecule is CC[C@]12C=CCN3CC[C@@]4(c5cc([C@@]6(C(=O)OC)CC7C[C@@H](C(C)(F)F)CN(Cc8c6[nH]c6ccccc86)C7)c(OC)cc5N(C)[C@H]4[C@](O)(C(=O)OC)[C@@H]1O)[C@@H]32. The van der Waals surface area contributed by atoms with Crippen molar-refractivity contribution in [2.45, 2.75) is 86.6 Å². The van der Waals surface area contributed by atoms with Crippen LogP contribution in [0.2, 0.25) is 0 Å². The van der Waals surface area contributed by atoms with E-state index in [1.165, 1.54) is 14.2 Å². The molecule has 10 atom stereocenters. The average Bonchev–Trinajstić information content (AvgIpc) is 3.84. The first-order chi connectivity index (χ1) is 26.7. The first-order valence-corrected chi connectivity index (χ1v) is 19.8. The molecule has 2 saturated heterocycles. The van der Waals surface area contributed by atoms with Gasteiger partial charge in [0.25, 0.3) is 0 Å². The standard InChI is InChI=1S/C43H52F2N4O7/c1-7-40-13-10-15-49-16-14-41(34(40)49)28-18-29(32(54-4)19-31(28)47(3)35(41)43(53,36(40)50)38(52)56-6)42(37(51)55-5)20-24-17-25(39(2,44)45)22-48(21-24)23-27-26-11-8-9-12-30(26)46-33(27)42/h8-13,18-19,24-25,34-36,46,50,53H,7,14-17,20-23H2,1-6H3/t24?,25-,34+,35-,36-,40-,41-,42+,43-/m1/s1. The van der Waals surface area contributed by atoms with Gasteiger partial charge in [-0.25, -0.2) is 13.6 Å². The lowest BCUT2D eigenvalue weighted by Crippen LogP contribution is -2.80. The molecule has 2 unspecified atom stereocenters. The molecule has 3 aromatic rings. The number of hydrogen-bond donors (Lipinski definition) is 3. The number of alkyl halides is 2. The number of nitrogens with zero attached hydrogens (tertiary/aromatic N) is 3. The van der Waals surface area contributed by atoms with Gasteiger partial charge in [-0.1, -0.05) is 37.3 Å². The van der Waals surface area contributed by atoms with E-state index in [1.807, 2.05) is 67.4 Å². The molecule has 1 saturated carbocycles. The minimum absolute atomic E-state index is 0.173. The summed E-state index contributed by atoms with van der Waals surface area (Å²) >= 11 is 0. The number of piperidine rings is 1. The summed E-state index contributed by atoms with van der Waals surface area (Å²) in [7, 11) is 5.95. The van der Waals surface area contributed by atoms with E-state index in [9.17, 15) is 15.0 Å². The zero-order valence-corrected chi connectivity index (χ0v) is 32.9. The molecule has 300 valence electrons. The predicted molar refractivity (Wildman–Crippen MR) is 205 cm³/mol. The Labute approximate surface area is 325 Å². The van der Waals surface area contributed by atoms with Crippen LogP contribution in [0, 0.1) is 17.3 Å². The molecule has 11 nitrogen and oxygen atoms in total. The van der Waals surface area contributed by atoms with Gasteiger partial charge in [-0.15, -0.1) is 0 Å². The fourth-order valence-electron chi connectivity index (χ4n) is 12.9. The molecule has 1 aromatic heterocycles. The molecule has 13 heteroatoms. The van der Waals surface area contributed by atoms with Gasteiger partial charge in [0.2, 0.25) is 11.5 Å². The molecule has 0 radical (unpaired) electrons. The van der Waals surface area contributed by atoms with Crippen molar-refractivity contribution in [2.75, 3.05) is 59.5 Å². The molecule has 1 aliphatic carbocycles. The highest BCUT2D eigenvalue weighted by Gasteiger charge is 2.79. The Balaban J connectivity index is 1.35. The summed E-state index contributed by atoms with van der Waals surface area (Å²) in [5.41, 5.74) is -1.46. The maximum absolute atomic E-state index is 15.3. The molecule has 6 heterocycles. The number of aromatic amines is 1. The molecular formula is C43H52F2N4O7. The zero-order valence-electron chi connectivity index (χ0n) is 32.9. The average molecular weight is 775 g/mol. The lowest BCUT2D eigenvalue weighted by molar-refractivity contribution is -0.218. The zero-order chi connectivity index (χ0) is 39.7. The summed E-state index contributed by atoms with van der Waals surface area (Å²) in [5, 5.41) is 26.1. The first-order valence-electron chi connectivity index (χ1n) is 19.8. The van der Waals surface area contributed by atoms with E-state index in [0.29, 0.717) is 61.7 Å². The number of aliphatic hydroxyl groups excluding tert-OH is 1. The quantitative estimate of drug-likeness (QED) is 0.244.